The lowest BCUT2D eigenvalue weighted by Crippen LogP contribution is -2.51. The topological polar surface area (TPSA) is 106 Å². The van der Waals surface area contributed by atoms with Crippen molar-refractivity contribution in [2.24, 2.45) is 0 Å². The van der Waals surface area contributed by atoms with Crippen LogP contribution in [0, 0.1) is 0 Å². The van der Waals surface area contributed by atoms with E-state index in [1.165, 1.54) is 0 Å². The molecule has 0 aliphatic carbocycles. The van der Waals surface area contributed by atoms with Crippen LogP contribution in [-0.2, 0) is 16.1 Å². The van der Waals surface area contributed by atoms with Gasteiger partial charge in [-0.2, -0.15) is 0 Å². The van der Waals surface area contributed by atoms with Crippen molar-refractivity contribution in [3.8, 4) is 11.5 Å². The SMILES string of the molecule is O=C(C[C@H]1CC[C@H](NC(=O)c2ccc3c(c2)OCO3)[C@H](CO)O1)NCc1ccc(Cl)cc1. The van der Waals surface area contributed by atoms with Crippen LogP contribution in [0.25, 0.3) is 0 Å². The molecule has 2 aliphatic rings. The van der Waals surface area contributed by atoms with Gasteiger partial charge in [0.1, 0.15) is 6.10 Å². The van der Waals surface area contributed by atoms with Gasteiger partial charge in [0.15, 0.2) is 11.5 Å². The number of halogens is 1. The van der Waals surface area contributed by atoms with Crippen LogP contribution in [0.1, 0.15) is 35.2 Å². The number of ether oxygens (including phenoxy) is 3. The van der Waals surface area contributed by atoms with E-state index in [0.29, 0.717) is 41.5 Å². The number of rotatable bonds is 7. The van der Waals surface area contributed by atoms with Crippen LogP contribution in [0.5, 0.6) is 11.5 Å². The van der Waals surface area contributed by atoms with E-state index in [-0.39, 0.29) is 43.8 Å². The Morgan fingerprint density at radius 3 is 2.62 bits per heavy atom. The van der Waals surface area contributed by atoms with E-state index in [4.69, 9.17) is 25.8 Å². The van der Waals surface area contributed by atoms with Crippen LogP contribution in [0.15, 0.2) is 42.5 Å². The van der Waals surface area contributed by atoms with Gasteiger partial charge in [-0.3, -0.25) is 9.59 Å². The van der Waals surface area contributed by atoms with Crippen LogP contribution in [0.4, 0.5) is 0 Å². The summed E-state index contributed by atoms with van der Waals surface area (Å²) < 4.78 is 16.5. The Morgan fingerprint density at radius 1 is 1.06 bits per heavy atom. The fraction of sp³-hybridized carbons (Fsp3) is 0.391. The smallest absolute Gasteiger partial charge is 0.251 e. The lowest BCUT2D eigenvalue weighted by atomic mass is 9.96. The fourth-order valence-corrected chi connectivity index (χ4v) is 3.94. The van der Waals surface area contributed by atoms with E-state index in [1.54, 1.807) is 30.3 Å². The fourth-order valence-electron chi connectivity index (χ4n) is 3.82. The molecule has 0 saturated carbocycles. The van der Waals surface area contributed by atoms with Crippen molar-refractivity contribution in [2.45, 2.75) is 44.1 Å². The zero-order valence-electron chi connectivity index (χ0n) is 17.4. The molecule has 1 saturated heterocycles. The highest BCUT2D eigenvalue weighted by molar-refractivity contribution is 6.30. The summed E-state index contributed by atoms with van der Waals surface area (Å²) in [6, 6.07) is 11.9. The molecule has 2 amide bonds. The molecule has 9 heteroatoms. The number of hydrogen-bond donors (Lipinski definition) is 3. The quantitative estimate of drug-likeness (QED) is 0.586. The van der Waals surface area contributed by atoms with E-state index in [9.17, 15) is 14.7 Å². The molecule has 0 radical (unpaired) electrons. The van der Waals surface area contributed by atoms with Crippen molar-refractivity contribution in [3.05, 3.63) is 58.6 Å². The summed E-state index contributed by atoms with van der Waals surface area (Å²) in [5, 5.41) is 16.2. The van der Waals surface area contributed by atoms with E-state index in [0.717, 1.165) is 5.56 Å². The normalized spacial score (nSPS) is 21.8. The lowest BCUT2D eigenvalue weighted by molar-refractivity contribution is -0.131. The zero-order valence-corrected chi connectivity index (χ0v) is 18.1. The number of benzene rings is 2. The Bertz CT molecular complexity index is 967. The van der Waals surface area contributed by atoms with Crippen molar-refractivity contribution in [1.82, 2.24) is 10.6 Å². The van der Waals surface area contributed by atoms with Crippen LogP contribution in [0.3, 0.4) is 0 Å². The van der Waals surface area contributed by atoms with Crippen molar-refractivity contribution in [2.75, 3.05) is 13.4 Å². The Hall–Kier alpha value is -2.81. The predicted octanol–water partition coefficient (Wildman–Crippen LogP) is 2.41. The number of carbonyl (C=O) groups is 2. The minimum Gasteiger partial charge on any atom is -0.454 e. The van der Waals surface area contributed by atoms with E-state index >= 15 is 0 Å². The van der Waals surface area contributed by atoms with Gasteiger partial charge in [-0.1, -0.05) is 23.7 Å². The molecule has 0 aromatic heterocycles. The lowest BCUT2D eigenvalue weighted by Gasteiger charge is -2.36. The van der Waals surface area contributed by atoms with Crippen LogP contribution in [-0.4, -0.2) is 48.6 Å². The molecule has 1 fully saturated rings. The van der Waals surface area contributed by atoms with Gasteiger partial charge in [0.05, 0.1) is 25.2 Å². The van der Waals surface area contributed by atoms with Gasteiger partial charge >= 0.3 is 0 Å². The Kier molecular flexibility index (Phi) is 7.14. The maximum absolute atomic E-state index is 12.7. The molecule has 2 aliphatic heterocycles. The first-order valence-electron chi connectivity index (χ1n) is 10.5. The molecule has 0 bridgehead atoms. The minimum absolute atomic E-state index is 0.135. The first-order valence-corrected chi connectivity index (χ1v) is 10.9. The second-order valence-corrected chi connectivity index (χ2v) is 8.25. The summed E-state index contributed by atoms with van der Waals surface area (Å²) in [4.78, 5) is 25.0. The maximum atomic E-state index is 12.7. The molecule has 2 aromatic rings. The molecule has 170 valence electrons. The molecule has 2 heterocycles. The average Bonchev–Trinajstić information content (AvgIpc) is 3.27. The van der Waals surface area contributed by atoms with Crippen LogP contribution in [0.2, 0.25) is 5.02 Å². The summed E-state index contributed by atoms with van der Waals surface area (Å²) in [5.41, 5.74) is 1.39. The predicted molar refractivity (Wildman–Crippen MR) is 117 cm³/mol. The second kappa shape index (κ2) is 10.2. The molecular weight excluding hydrogens is 436 g/mol. The van der Waals surface area contributed by atoms with Gasteiger partial charge in [-0.05, 0) is 48.7 Å². The van der Waals surface area contributed by atoms with Crippen LogP contribution >= 0.6 is 11.6 Å². The minimum atomic E-state index is -0.587. The highest BCUT2D eigenvalue weighted by atomic mass is 35.5. The van der Waals surface area contributed by atoms with Crippen molar-refractivity contribution in [3.63, 3.8) is 0 Å². The largest absolute Gasteiger partial charge is 0.454 e. The van der Waals surface area contributed by atoms with E-state index < -0.39 is 6.10 Å². The van der Waals surface area contributed by atoms with Gasteiger partial charge in [0, 0.05) is 17.1 Å². The number of nitrogens with one attached hydrogen (secondary N) is 2. The summed E-state index contributed by atoms with van der Waals surface area (Å²) >= 11 is 5.87. The molecule has 0 spiro atoms. The van der Waals surface area contributed by atoms with Gasteiger partial charge in [0.25, 0.3) is 5.91 Å². The zero-order chi connectivity index (χ0) is 22.5. The second-order valence-electron chi connectivity index (χ2n) is 7.81. The highest BCUT2D eigenvalue weighted by Crippen LogP contribution is 2.32. The maximum Gasteiger partial charge on any atom is 0.251 e. The standard InChI is InChI=1S/C23H25ClN2O6/c24-16-4-1-14(2-5-16)11-25-22(28)10-17-6-7-18(21(12-27)32-17)26-23(29)15-3-8-19-20(9-15)31-13-30-19/h1-5,8-9,17-18,21,27H,6-7,10-13H2,(H,25,28)(H,26,29)/t17-,18+,21+/m1/s1. The molecule has 32 heavy (non-hydrogen) atoms. The molecule has 2 aromatic carbocycles. The molecule has 3 N–H and O–H groups in total. The molecule has 4 rings (SSSR count). The number of hydrogen-bond acceptors (Lipinski definition) is 6. The van der Waals surface area contributed by atoms with E-state index in [1.807, 2.05) is 12.1 Å². The van der Waals surface area contributed by atoms with Crippen molar-refractivity contribution in [1.29, 1.82) is 0 Å². The molecule has 8 nitrogen and oxygen atoms in total. The number of carbonyl (C=O) groups excluding carboxylic acids is 2. The van der Waals surface area contributed by atoms with Gasteiger partial charge < -0.3 is 30.0 Å². The van der Waals surface area contributed by atoms with Gasteiger partial charge in [-0.25, -0.2) is 0 Å². The third-order valence-corrected chi connectivity index (χ3v) is 5.81. The van der Waals surface area contributed by atoms with Crippen LogP contribution < -0.4 is 20.1 Å². The number of aliphatic hydroxyl groups is 1. The van der Waals surface area contributed by atoms with Crippen molar-refractivity contribution >= 4 is 23.4 Å². The molecular formula is C23H25ClN2O6. The van der Waals surface area contributed by atoms with Gasteiger partial charge in [0.2, 0.25) is 12.7 Å². The Labute approximate surface area is 190 Å². The van der Waals surface area contributed by atoms with Crippen molar-refractivity contribution < 1.29 is 28.9 Å². The summed E-state index contributed by atoms with van der Waals surface area (Å²) in [6.45, 7) is 0.285. The first kappa shape index (κ1) is 22.4. The monoisotopic (exact) mass is 460 g/mol. The van der Waals surface area contributed by atoms with Gasteiger partial charge in [-0.15, -0.1) is 0 Å². The first-order chi connectivity index (χ1) is 15.5. The summed E-state index contributed by atoms with van der Waals surface area (Å²) in [5.74, 6) is 0.716. The van der Waals surface area contributed by atoms with E-state index in [2.05, 4.69) is 10.6 Å². The third-order valence-electron chi connectivity index (χ3n) is 5.56. The Morgan fingerprint density at radius 2 is 1.84 bits per heavy atom. The summed E-state index contributed by atoms with van der Waals surface area (Å²) in [7, 11) is 0. The molecule has 3 atom stereocenters. The number of aliphatic hydroxyl groups excluding tert-OH is 1. The Balaban J connectivity index is 1.26. The summed E-state index contributed by atoms with van der Waals surface area (Å²) in [6.07, 6.45) is 0.465. The third kappa shape index (κ3) is 5.51. The molecule has 0 unspecified atom stereocenters. The number of amides is 2. The average molecular weight is 461 g/mol. The number of fused-ring (bicyclic) bond motifs is 1. The highest BCUT2D eigenvalue weighted by Gasteiger charge is 2.33.